The number of carboxylic acids is 1. The Morgan fingerprint density at radius 2 is 2.38 bits per heavy atom. The number of hydrogen-bond acceptors (Lipinski definition) is 5. The van der Waals surface area contributed by atoms with E-state index in [1.54, 1.807) is 13.1 Å². The van der Waals surface area contributed by atoms with E-state index in [9.17, 15) is 9.59 Å². The van der Waals surface area contributed by atoms with Crippen LogP contribution in [0.2, 0.25) is 0 Å². The second kappa shape index (κ2) is 3.82. The van der Waals surface area contributed by atoms with Crippen molar-refractivity contribution >= 4 is 29.4 Å². The van der Waals surface area contributed by atoms with Crippen molar-refractivity contribution in [2.24, 2.45) is 5.16 Å². The summed E-state index contributed by atoms with van der Waals surface area (Å²) in [6.07, 6.45) is 1.57. The average molecular weight is 242 g/mol. The Labute approximate surface area is 95.9 Å². The van der Waals surface area contributed by atoms with E-state index in [1.807, 2.05) is 0 Å². The Morgan fingerprint density at radius 3 is 2.94 bits per heavy atom. The molecule has 6 nitrogen and oxygen atoms in total. The summed E-state index contributed by atoms with van der Waals surface area (Å²) < 4.78 is 0. The summed E-state index contributed by atoms with van der Waals surface area (Å²) in [7, 11) is 1.35. The fraction of sp³-hybridized carbons (Fsp3) is 0.444. The Bertz CT molecular complexity index is 418. The van der Waals surface area contributed by atoms with Crippen LogP contribution in [0.3, 0.4) is 0 Å². The van der Waals surface area contributed by atoms with Gasteiger partial charge in [0.25, 0.3) is 5.91 Å². The highest BCUT2D eigenvalue weighted by Crippen LogP contribution is 2.38. The van der Waals surface area contributed by atoms with Crippen molar-refractivity contribution in [1.29, 1.82) is 0 Å². The number of oxime groups is 1. The average Bonchev–Trinajstić information content (AvgIpc) is 2.25. The number of rotatable bonds is 2. The standard InChI is InChI=1S/C9H10N2O4S/c1-4-3-11-7(12)5(10-15-2)8(11)16-6(4)9(13)14/h3,6,8H,1-2H3,(H,13,14)/b10-5+/t6?,8-/m1/s1. The summed E-state index contributed by atoms with van der Waals surface area (Å²) in [5.41, 5.74) is 0.918. The molecule has 0 aromatic rings. The molecule has 0 saturated carbocycles. The smallest absolute Gasteiger partial charge is 0.320 e. The fourth-order valence-corrected chi connectivity index (χ4v) is 2.84. The Hall–Kier alpha value is -1.50. The molecule has 1 saturated heterocycles. The van der Waals surface area contributed by atoms with E-state index in [0.717, 1.165) is 0 Å². The van der Waals surface area contributed by atoms with Gasteiger partial charge in [-0.15, -0.1) is 11.8 Å². The highest BCUT2D eigenvalue weighted by molar-refractivity contribution is 8.02. The van der Waals surface area contributed by atoms with Gasteiger partial charge in [-0.2, -0.15) is 0 Å². The van der Waals surface area contributed by atoms with Crippen molar-refractivity contribution in [2.45, 2.75) is 17.5 Å². The molecule has 1 fully saturated rings. The van der Waals surface area contributed by atoms with Crippen LogP contribution in [0.15, 0.2) is 16.9 Å². The quantitative estimate of drug-likeness (QED) is 0.555. The molecule has 86 valence electrons. The molecule has 0 bridgehead atoms. The van der Waals surface area contributed by atoms with Crippen LogP contribution in [-0.2, 0) is 14.4 Å². The van der Waals surface area contributed by atoms with E-state index in [1.165, 1.54) is 23.8 Å². The molecule has 0 radical (unpaired) electrons. The number of amides is 1. The van der Waals surface area contributed by atoms with Crippen LogP contribution in [0.1, 0.15) is 6.92 Å². The van der Waals surface area contributed by atoms with E-state index in [4.69, 9.17) is 5.11 Å². The molecule has 16 heavy (non-hydrogen) atoms. The summed E-state index contributed by atoms with van der Waals surface area (Å²) in [4.78, 5) is 28.5. The topological polar surface area (TPSA) is 79.2 Å². The summed E-state index contributed by atoms with van der Waals surface area (Å²) in [6, 6.07) is 0. The van der Waals surface area contributed by atoms with Gasteiger partial charge in [-0.25, -0.2) is 0 Å². The van der Waals surface area contributed by atoms with Crippen molar-refractivity contribution in [2.75, 3.05) is 7.11 Å². The van der Waals surface area contributed by atoms with Crippen molar-refractivity contribution in [1.82, 2.24) is 4.90 Å². The number of thioether (sulfide) groups is 1. The molecule has 1 amide bonds. The lowest BCUT2D eigenvalue weighted by Crippen LogP contribution is -2.60. The Morgan fingerprint density at radius 1 is 1.69 bits per heavy atom. The number of aliphatic carboxylic acids is 1. The molecule has 2 heterocycles. The maximum Gasteiger partial charge on any atom is 0.320 e. The fourth-order valence-electron chi connectivity index (χ4n) is 1.63. The lowest BCUT2D eigenvalue weighted by atomic mass is 10.1. The third-order valence-corrected chi connectivity index (χ3v) is 3.93. The van der Waals surface area contributed by atoms with E-state index in [2.05, 4.69) is 9.99 Å². The molecule has 0 spiro atoms. The van der Waals surface area contributed by atoms with Crippen LogP contribution in [0.25, 0.3) is 0 Å². The zero-order chi connectivity index (χ0) is 11.9. The number of carboxylic acid groups (broad SMARTS) is 1. The van der Waals surface area contributed by atoms with Gasteiger partial charge in [0.2, 0.25) is 0 Å². The van der Waals surface area contributed by atoms with Gasteiger partial charge in [0.1, 0.15) is 17.7 Å². The second-order valence-electron chi connectivity index (χ2n) is 3.45. The third-order valence-electron chi connectivity index (χ3n) is 2.38. The van der Waals surface area contributed by atoms with Crippen molar-refractivity contribution in [3.8, 4) is 0 Å². The first-order chi connectivity index (χ1) is 7.56. The number of hydrogen-bond donors (Lipinski definition) is 1. The first-order valence-electron chi connectivity index (χ1n) is 4.56. The van der Waals surface area contributed by atoms with Gasteiger partial charge in [0.15, 0.2) is 5.71 Å². The molecule has 0 aromatic carbocycles. The normalized spacial score (nSPS) is 30.6. The van der Waals surface area contributed by atoms with Crippen molar-refractivity contribution in [3.05, 3.63) is 11.8 Å². The van der Waals surface area contributed by atoms with E-state index in [-0.39, 0.29) is 17.0 Å². The number of nitrogens with zero attached hydrogens (tertiary/aromatic N) is 2. The van der Waals surface area contributed by atoms with Crippen LogP contribution in [0.5, 0.6) is 0 Å². The van der Waals surface area contributed by atoms with Crippen LogP contribution >= 0.6 is 11.8 Å². The molecular formula is C9H10N2O4S. The van der Waals surface area contributed by atoms with E-state index >= 15 is 0 Å². The lowest BCUT2D eigenvalue weighted by molar-refractivity contribution is -0.136. The van der Waals surface area contributed by atoms with Crippen LogP contribution in [0, 0.1) is 0 Å². The highest BCUT2D eigenvalue weighted by atomic mass is 32.2. The van der Waals surface area contributed by atoms with Crippen LogP contribution in [0.4, 0.5) is 0 Å². The lowest BCUT2D eigenvalue weighted by Gasteiger charge is -2.42. The molecule has 1 N–H and O–H groups in total. The van der Waals surface area contributed by atoms with Gasteiger partial charge in [-0.05, 0) is 12.5 Å². The summed E-state index contributed by atoms with van der Waals surface area (Å²) in [6.45, 7) is 1.70. The van der Waals surface area contributed by atoms with Crippen molar-refractivity contribution in [3.63, 3.8) is 0 Å². The molecular weight excluding hydrogens is 232 g/mol. The Balaban J connectivity index is 2.26. The second-order valence-corrected chi connectivity index (χ2v) is 4.64. The minimum absolute atomic E-state index is 0.234. The van der Waals surface area contributed by atoms with Gasteiger partial charge in [0.05, 0.1) is 0 Å². The molecule has 0 aliphatic carbocycles. The molecule has 0 aromatic heterocycles. The number of carbonyl (C=O) groups excluding carboxylic acids is 1. The molecule has 2 aliphatic heterocycles. The zero-order valence-corrected chi connectivity index (χ0v) is 9.52. The van der Waals surface area contributed by atoms with E-state index < -0.39 is 11.2 Å². The monoisotopic (exact) mass is 242 g/mol. The third kappa shape index (κ3) is 1.47. The highest BCUT2D eigenvalue weighted by Gasteiger charge is 2.49. The minimum atomic E-state index is -0.908. The van der Waals surface area contributed by atoms with Crippen LogP contribution < -0.4 is 0 Å². The van der Waals surface area contributed by atoms with Gasteiger partial charge in [-0.3, -0.25) is 14.5 Å². The summed E-state index contributed by atoms with van der Waals surface area (Å²) in [5, 5.41) is 11.6. The predicted molar refractivity (Wildman–Crippen MR) is 57.8 cm³/mol. The predicted octanol–water partition coefficient (Wildman–Crippen LogP) is 0.261. The maximum absolute atomic E-state index is 11.5. The zero-order valence-electron chi connectivity index (χ0n) is 8.71. The summed E-state index contributed by atoms with van der Waals surface area (Å²) >= 11 is 1.18. The van der Waals surface area contributed by atoms with Crippen LogP contribution in [-0.4, -0.2) is 45.3 Å². The maximum atomic E-state index is 11.5. The first-order valence-corrected chi connectivity index (χ1v) is 5.51. The number of carbonyl (C=O) groups is 2. The number of β-lactam (4-membered cyclic amide) rings is 1. The van der Waals surface area contributed by atoms with Gasteiger partial charge in [0, 0.05) is 6.20 Å². The minimum Gasteiger partial charge on any atom is -0.480 e. The SMILES string of the molecule is CO/N=C1\C(=O)N2C=C(C)C(C(=O)O)S[C@H]12. The van der Waals surface area contributed by atoms with E-state index in [0.29, 0.717) is 5.57 Å². The van der Waals surface area contributed by atoms with Crippen molar-refractivity contribution < 1.29 is 19.5 Å². The molecule has 2 rings (SSSR count). The first kappa shape index (κ1) is 11.0. The molecule has 1 unspecified atom stereocenters. The largest absolute Gasteiger partial charge is 0.480 e. The van der Waals surface area contributed by atoms with Gasteiger partial charge >= 0.3 is 5.97 Å². The molecule has 2 atom stereocenters. The number of fused-ring (bicyclic) bond motifs is 1. The molecule has 7 heteroatoms. The Kier molecular flexibility index (Phi) is 2.63. The molecule has 2 aliphatic rings. The van der Waals surface area contributed by atoms with Gasteiger partial charge < -0.3 is 9.94 Å². The van der Waals surface area contributed by atoms with Gasteiger partial charge in [-0.1, -0.05) is 5.16 Å². The summed E-state index contributed by atoms with van der Waals surface area (Å²) in [5.74, 6) is -1.14.